The first-order valence-electron chi connectivity index (χ1n) is 7.24. The van der Waals surface area contributed by atoms with Crippen molar-refractivity contribution in [1.29, 1.82) is 0 Å². The molecule has 1 fully saturated rings. The van der Waals surface area contributed by atoms with Gasteiger partial charge in [-0.25, -0.2) is 4.79 Å². The predicted octanol–water partition coefficient (Wildman–Crippen LogP) is 2.46. The number of likely N-dealkylation sites (tertiary alicyclic amines) is 1. The average Bonchev–Trinajstić information content (AvgIpc) is 2.38. The van der Waals surface area contributed by atoms with Crippen LogP contribution < -0.4 is 5.32 Å². The smallest absolute Gasteiger partial charge is 0.317 e. The van der Waals surface area contributed by atoms with Gasteiger partial charge >= 0.3 is 12.0 Å². The zero-order valence-corrected chi connectivity index (χ0v) is 12.2. The Hall–Kier alpha value is -1.26. The molecular weight excluding hydrogens is 244 g/mol. The Balaban J connectivity index is 2.63. The monoisotopic (exact) mass is 270 g/mol. The molecule has 0 saturated carbocycles. The maximum absolute atomic E-state index is 12.1. The molecule has 0 aromatic rings. The largest absolute Gasteiger partial charge is 0.481 e. The fourth-order valence-corrected chi connectivity index (χ4v) is 2.73. The molecule has 5 heteroatoms. The summed E-state index contributed by atoms with van der Waals surface area (Å²) in [6.07, 6.45) is 3.95. The number of carbonyl (C=O) groups is 2. The molecule has 19 heavy (non-hydrogen) atoms. The molecule has 1 aliphatic heterocycles. The molecule has 1 rings (SSSR count). The SMILES string of the molecule is CCCC(C)NC(=O)N1CCCC(CC)(C(=O)O)C1. The Morgan fingerprint density at radius 2 is 2.11 bits per heavy atom. The second kappa shape index (κ2) is 6.78. The summed E-state index contributed by atoms with van der Waals surface area (Å²) in [5, 5.41) is 12.3. The third-order valence-corrected chi connectivity index (χ3v) is 4.09. The molecule has 1 saturated heterocycles. The molecule has 110 valence electrons. The van der Waals surface area contributed by atoms with E-state index in [0.717, 1.165) is 19.3 Å². The molecule has 2 unspecified atom stereocenters. The number of hydrogen-bond acceptors (Lipinski definition) is 2. The second-order valence-corrected chi connectivity index (χ2v) is 5.60. The van der Waals surface area contributed by atoms with Crippen molar-refractivity contribution < 1.29 is 14.7 Å². The van der Waals surface area contributed by atoms with Gasteiger partial charge in [0.05, 0.1) is 5.41 Å². The molecular formula is C14H26N2O3. The average molecular weight is 270 g/mol. The van der Waals surface area contributed by atoms with E-state index in [9.17, 15) is 14.7 Å². The number of piperidine rings is 1. The molecule has 1 heterocycles. The quantitative estimate of drug-likeness (QED) is 0.806. The number of rotatable bonds is 5. The molecule has 0 bridgehead atoms. The van der Waals surface area contributed by atoms with Crippen LogP contribution in [0.1, 0.15) is 52.9 Å². The third-order valence-electron chi connectivity index (χ3n) is 4.09. The standard InChI is InChI=1S/C14H26N2O3/c1-4-7-11(3)15-13(19)16-9-6-8-14(5-2,10-16)12(17)18/h11H,4-10H2,1-3H3,(H,15,19)(H,17,18). The fourth-order valence-electron chi connectivity index (χ4n) is 2.73. The Bertz CT molecular complexity index is 333. The summed E-state index contributed by atoms with van der Waals surface area (Å²) in [4.78, 5) is 25.2. The Morgan fingerprint density at radius 3 is 2.63 bits per heavy atom. The van der Waals surface area contributed by atoms with Crippen LogP contribution in [0.2, 0.25) is 0 Å². The molecule has 0 aliphatic carbocycles. The van der Waals surface area contributed by atoms with E-state index < -0.39 is 11.4 Å². The van der Waals surface area contributed by atoms with Crippen molar-refractivity contribution in [2.45, 2.75) is 58.9 Å². The molecule has 1 aliphatic rings. The van der Waals surface area contributed by atoms with Gasteiger partial charge in [0, 0.05) is 19.1 Å². The van der Waals surface area contributed by atoms with Crippen LogP contribution >= 0.6 is 0 Å². The highest BCUT2D eigenvalue weighted by molar-refractivity contribution is 5.78. The number of hydrogen-bond donors (Lipinski definition) is 2. The van der Waals surface area contributed by atoms with Gasteiger partial charge in [-0.3, -0.25) is 4.79 Å². The zero-order valence-electron chi connectivity index (χ0n) is 12.2. The maximum Gasteiger partial charge on any atom is 0.317 e. The van der Waals surface area contributed by atoms with E-state index in [2.05, 4.69) is 12.2 Å². The molecule has 5 nitrogen and oxygen atoms in total. The minimum absolute atomic E-state index is 0.125. The highest BCUT2D eigenvalue weighted by Crippen LogP contribution is 2.33. The van der Waals surface area contributed by atoms with Gasteiger partial charge in [0.2, 0.25) is 0 Å². The van der Waals surface area contributed by atoms with Crippen molar-refractivity contribution in [1.82, 2.24) is 10.2 Å². The fraction of sp³-hybridized carbons (Fsp3) is 0.857. The van der Waals surface area contributed by atoms with Crippen LogP contribution in [0.5, 0.6) is 0 Å². The Labute approximate surface area is 115 Å². The Morgan fingerprint density at radius 1 is 1.42 bits per heavy atom. The molecule has 2 N–H and O–H groups in total. The van der Waals surface area contributed by atoms with Crippen LogP contribution in [0.15, 0.2) is 0 Å². The first kappa shape index (κ1) is 15.8. The van der Waals surface area contributed by atoms with Crippen molar-refractivity contribution in [2.24, 2.45) is 5.41 Å². The topological polar surface area (TPSA) is 69.6 Å². The summed E-state index contributed by atoms with van der Waals surface area (Å²) in [5.74, 6) is -0.783. The van der Waals surface area contributed by atoms with Gasteiger partial charge in [0.15, 0.2) is 0 Å². The first-order chi connectivity index (χ1) is 8.95. The van der Waals surface area contributed by atoms with Crippen molar-refractivity contribution in [3.63, 3.8) is 0 Å². The predicted molar refractivity (Wildman–Crippen MR) is 74.1 cm³/mol. The van der Waals surface area contributed by atoms with E-state index in [-0.39, 0.29) is 12.1 Å². The summed E-state index contributed by atoms with van der Waals surface area (Å²) in [5.41, 5.74) is -0.760. The van der Waals surface area contributed by atoms with Gasteiger partial charge in [-0.1, -0.05) is 20.3 Å². The lowest BCUT2D eigenvalue weighted by atomic mass is 9.78. The lowest BCUT2D eigenvalue weighted by Crippen LogP contribution is -2.53. The van der Waals surface area contributed by atoms with E-state index in [1.54, 1.807) is 4.90 Å². The minimum atomic E-state index is -0.783. The highest BCUT2D eigenvalue weighted by Gasteiger charge is 2.42. The molecule has 2 amide bonds. The van der Waals surface area contributed by atoms with E-state index >= 15 is 0 Å². The van der Waals surface area contributed by atoms with Gasteiger partial charge in [0.25, 0.3) is 0 Å². The summed E-state index contributed by atoms with van der Waals surface area (Å²) in [7, 11) is 0. The van der Waals surface area contributed by atoms with Crippen molar-refractivity contribution >= 4 is 12.0 Å². The normalized spacial score (nSPS) is 24.9. The van der Waals surface area contributed by atoms with Crippen LogP contribution in [0.4, 0.5) is 4.79 Å². The molecule has 0 spiro atoms. The number of carbonyl (C=O) groups excluding carboxylic acids is 1. The van der Waals surface area contributed by atoms with E-state index in [4.69, 9.17) is 0 Å². The van der Waals surface area contributed by atoms with E-state index in [0.29, 0.717) is 25.9 Å². The molecule has 0 aromatic heterocycles. The highest BCUT2D eigenvalue weighted by atomic mass is 16.4. The molecule has 0 radical (unpaired) electrons. The lowest BCUT2D eigenvalue weighted by Gasteiger charge is -2.39. The van der Waals surface area contributed by atoms with Gasteiger partial charge in [-0.2, -0.15) is 0 Å². The lowest BCUT2D eigenvalue weighted by molar-refractivity contribution is -0.152. The first-order valence-corrected chi connectivity index (χ1v) is 7.24. The van der Waals surface area contributed by atoms with E-state index in [1.807, 2.05) is 13.8 Å². The number of amides is 2. The molecule has 0 aromatic carbocycles. The summed E-state index contributed by atoms with van der Waals surface area (Å²) >= 11 is 0. The van der Waals surface area contributed by atoms with Gasteiger partial charge in [0.1, 0.15) is 0 Å². The number of urea groups is 1. The number of nitrogens with zero attached hydrogens (tertiary/aromatic N) is 1. The zero-order chi connectivity index (χ0) is 14.5. The third kappa shape index (κ3) is 3.85. The minimum Gasteiger partial charge on any atom is -0.481 e. The molecule has 2 atom stereocenters. The maximum atomic E-state index is 12.1. The van der Waals surface area contributed by atoms with Crippen molar-refractivity contribution in [3.8, 4) is 0 Å². The van der Waals surface area contributed by atoms with Crippen molar-refractivity contribution in [3.05, 3.63) is 0 Å². The van der Waals surface area contributed by atoms with Crippen LogP contribution in [-0.2, 0) is 4.79 Å². The van der Waals surface area contributed by atoms with Crippen LogP contribution in [0, 0.1) is 5.41 Å². The van der Waals surface area contributed by atoms with Crippen LogP contribution in [-0.4, -0.2) is 41.1 Å². The Kier molecular flexibility index (Phi) is 5.63. The summed E-state index contributed by atoms with van der Waals surface area (Å²) in [6, 6.07) is 0.0139. The van der Waals surface area contributed by atoms with Crippen LogP contribution in [0.3, 0.4) is 0 Å². The summed E-state index contributed by atoms with van der Waals surface area (Å²) in [6.45, 7) is 6.92. The van der Waals surface area contributed by atoms with Gasteiger partial charge < -0.3 is 15.3 Å². The number of aliphatic carboxylic acids is 1. The number of nitrogens with one attached hydrogen (secondary N) is 1. The van der Waals surface area contributed by atoms with Crippen molar-refractivity contribution in [2.75, 3.05) is 13.1 Å². The van der Waals surface area contributed by atoms with Gasteiger partial charge in [-0.05, 0) is 32.6 Å². The number of carboxylic acid groups (broad SMARTS) is 1. The number of carboxylic acids is 1. The summed E-state index contributed by atoms with van der Waals surface area (Å²) < 4.78 is 0. The second-order valence-electron chi connectivity index (χ2n) is 5.60. The van der Waals surface area contributed by atoms with Crippen LogP contribution in [0.25, 0.3) is 0 Å². The van der Waals surface area contributed by atoms with Gasteiger partial charge in [-0.15, -0.1) is 0 Å². The van der Waals surface area contributed by atoms with E-state index in [1.165, 1.54) is 0 Å².